The molecule has 1 atom stereocenters. The molecule has 2 saturated heterocycles. The number of benzene rings is 2. The molecular weight excluding hydrogens is 425 g/mol. The normalized spacial score (nSPS) is 19.6. The van der Waals surface area contributed by atoms with Gasteiger partial charge in [0.25, 0.3) is 11.6 Å². The maximum atomic E-state index is 14.9. The van der Waals surface area contributed by atoms with Crippen LogP contribution in [0.25, 0.3) is 0 Å². The molecule has 2 aliphatic rings. The van der Waals surface area contributed by atoms with Gasteiger partial charge in [-0.1, -0.05) is 25.1 Å². The third-order valence-corrected chi connectivity index (χ3v) is 6.65. The second-order valence-electron chi connectivity index (χ2n) is 8.63. The Kier molecular flexibility index (Phi) is 6.78. The number of piperazine rings is 2. The number of anilines is 2. The second-order valence-corrected chi connectivity index (χ2v) is 8.63. The Morgan fingerprint density at radius 1 is 1.03 bits per heavy atom. The standard InChI is InChI=1S/C24H30FN5O3/c1-3-26-9-11-27(12-10-26)21-16-22(23(30(32)33)15-20(21)25)28-13-14-29(18(2)17-28)24(31)19-7-5-4-6-8-19/h4-8,15-16,18H,3,9-14,17H2,1-2H3/t18-/m0/s1. The molecule has 2 aromatic rings. The minimum Gasteiger partial charge on any atom is -0.367 e. The van der Waals surface area contributed by atoms with Crippen LogP contribution in [0.1, 0.15) is 24.2 Å². The van der Waals surface area contributed by atoms with Crippen molar-refractivity contribution >= 4 is 23.0 Å². The fourth-order valence-electron chi connectivity index (χ4n) is 4.71. The van der Waals surface area contributed by atoms with Crippen LogP contribution in [-0.4, -0.2) is 79.0 Å². The minimum absolute atomic E-state index is 0.0501. The van der Waals surface area contributed by atoms with Gasteiger partial charge in [0.1, 0.15) is 5.69 Å². The van der Waals surface area contributed by atoms with Crippen LogP contribution in [0.3, 0.4) is 0 Å². The molecular formula is C24H30FN5O3. The number of nitro benzene ring substituents is 1. The van der Waals surface area contributed by atoms with Gasteiger partial charge in [-0.2, -0.15) is 0 Å². The van der Waals surface area contributed by atoms with Crippen LogP contribution in [0.2, 0.25) is 0 Å². The lowest BCUT2D eigenvalue weighted by atomic mass is 10.1. The zero-order chi connectivity index (χ0) is 23.5. The molecule has 2 fully saturated rings. The van der Waals surface area contributed by atoms with Crippen molar-refractivity contribution in [1.82, 2.24) is 9.80 Å². The first-order chi connectivity index (χ1) is 15.9. The summed E-state index contributed by atoms with van der Waals surface area (Å²) in [5, 5.41) is 11.8. The fourth-order valence-corrected chi connectivity index (χ4v) is 4.71. The zero-order valence-electron chi connectivity index (χ0n) is 19.1. The van der Waals surface area contributed by atoms with Crippen molar-refractivity contribution in [2.75, 3.05) is 62.2 Å². The van der Waals surface area contributed by atoms with E-state index < -0.39 is 10.7 Å². The molecule has 4 rings (SSSR count). The van der Waals surface area contributed by atoms with E-state index in [0.717, 1.165) is 25.7 Å². The summed E-state index contributed by atoms with van der Waals surface area (Å²) in [6, 6.07) is 11.6. The van der Waals surface area contributed by atoms with Crippen LogP contribution < -0.4 is 9.80 Å². The number of carbonyl (C=O) groups excluding carboxylic acids is 1. The van der Waals surface area contributed by atoms with Gasteiger partial charge in [-0.15, -0.1) is 0 Å². The predicted octanol–water partition coefficient (Wildman–Crippen LogP) is 3.23. The number of rotatable bonds is 5. The largest absolute Gasteiger partial charge is 0.367 e. The van der Waals surface area contributed by atoms with Crippen molar-refractivity contribution < 1.29 is 14.1 Å². The summed E-state index contributed by atoms with van der Waals surface area (Å²) in [6.07, 6.45) is 0. The molecule has 0 bridgehead atoms. The number of nitrogens with zero attached hydrogens (tertiary/aromatic N) is 5. The maximum Gasteiger partial charge on any atom is 0.295 e. The Morgan fingerprint density at radius 2 is 1.70 bits per heavy atom. The Balaban J connectivity index is 1.56. The summed E-state index contributed by atoms with van der Waals surface area (Å²) in [7, 11) is 0. The number of halogens is 1. The highest BCUT2D eigenvalue weighted by molar-refractivity contribution is 5.94. The van der Waals surface area contributed by atoms with E-state index in [2.05, 4.69) is 11.8 Å². The van der Waals surface area contributed by atoms with Crippen molar-refractivity contribution in [3.8, 4) is 0 Å². The van der Waals surface area contributed by atoms with Gasteiger partial charge in [-0.3, -0.25) is 14.9 Å². The van der Waals surface area contributed by atoms with Gasteiger partial charge >= 0.3 is 0 Å². The van der Waals surface area contributed by atoms with Crippen molar-refractivity contribution in [3.63, 3.8) is 0 Å². The second kappa shape index (κ2) is 9.74. The lowest BCUT2D eigenvalue weighted by Gasteiger charge is -2.41. The van der Waals surface area contributed by atoms with E-state index in [4.69, 9.17) is 0 Å². The van der Waals surface area contributed by atoms with E-state index in [1.54, 1.807) is 23.1 Å². The molecule has 1 amide bonds. The smallest absolute Gasteiger partial charge is 0.295 e. The summed E-state index contributed by atoms with van der Waals surface area (Å²) >= 11 is 0. The topological polar surface area (TPSA) is 73.2 Å². The highest BCUT2D eigenvalue weighted by Gasteiger charge is 2.32. The van der Waals surface area contributed by atoms with Gasteiger partial charge in [0, 0.05) is 57.4 Å². The molecule has 0 unspecified atom stereocenters. The van der Waals surface area contributed by atoms with E-state index in [1.165, 1.54) is 0 Å². The summed E-state index contributed by atoms with van der Waals surface area (Å²) in [5.74, 6) is -0.618. The number of likely N-dealkylation sites (N-methyl/N-ethyl adjacent to an activating group) is 1. The Morgan fingerprint density at radius 3 is 2.30 bits per heavy atom. The molecule has 8 nitrogen and oxygen atoms in total. The fraction of sp³-hybridized carbons (Fsp3) is 0.458. The molecule has 0 aromatic heterocycles. The lowest BCUT2D eigenvalue weighted by molar-refractivity contribution is -0.384. The van der Waals surface area contributed by atoms with Gasteiger partial charge in [0.2, 0.25) is 0 Å². The molecule has 33 heavy (non-hydrogen) atoms. The Hall–Kier alpha value is -3.20. The van der Waals surface area contributed by atoms with E-state index in [9.17, 15) is 19.3 Å². The quantitative estimate of drug-likeness (QED) is 0.509. The number of hydrogen-bond acceptors (Lipinski definition) is 6. The third-order valence-electron chi connectivity index (χ3n) is 6.65. The van der Waals surface area contributed by atoms with Crippen LogP contribution in [-0.2, 0) is 0 Å². The molecule has 0 spiro atoms. The first kappa shape index (κ1) is 23.0. The van der Waals surface area contributed by atoms with Crippen molar-refractivity contribution in [2.24, 2.45) is 0 Å². The van der Waals surface area contributed by atoms with Gasteiger partial charge in [-0.05, 0) is 31.7 Å². The van der Waals surface area contributed by atoms with E-state index in [-0.39, 0.29) is 17.6 Å². The molecule has 9 heteroatoms. The van der Waals surface area contributed by atoms with Crippen molar-refractivity contribution in [3.05, 3.63) is 64.0 Å². The summed E-state index contributed by atoms with van der Waals surface area (Å²) in [6.45, 7) is 9.33. The highest BCUT2D eigenvalue weighted by Crippen LogP contribution is 2.36. The Labute approximate surface area is 193 Å². The van der Waals surface area contributed by atoms with Gasteiger partial charge < -0.3 is 19.6 Å². The van der Waals surface area contributed by atoms with Gasteiger partial charge in [-0.25, -0.2) is 4.39 Å². The molecule has 2 heterocycles. The maximum absolute atomic E-state index is 14.9. The van der Waals surface area contributed by atoms with Crippen molar-refractivity contribution in [1.29, 1.82) is 0 Å². The average molecular weight is 456 g/mol. The average Bonchev–Trinajstić information content (AvgIpc) is 2.84. The molecule has 0 N–H and O–H groups in total. The number of carbonyl (C=O) groups is 1. The Bertz CT molecular complexity index is 1010. The number of hydrogen-bond donors (Lipinski definition) is 0. The molecule has 2 aromatic carbocycles. The number of nitro groups is 1. The summed E-state index contributed by atoms with van der Waals surface area (Å²) < 4.78 is 14.9. The van der Waals surface area contributed by atoms with Crippen LogP contribution in [0.4, 0.5) is 21.5 Å². The van der Waals surface area contributed by atoms with Crippen LogP contribution in [0.15, 0.2) is 42.5 Å². The zero-order valence-corrected chi connectivity index (χ0v) is 19.1. The summed E-state index contributed by atoms with van der Waals surface area (Å²) in [4.78, 5) is 32.1. The molecule has 0 saturated carbocycles. The SMILES string of the molecule is CCN1CCN(c2cc(N3CCN(C(=O)c4ccccc4)[C@@H](C)C3)c([N+](=O)[O-])cc2F)CC1. The molecule has 0 aliphatic carbocycles. The van der Waals surface area contributed by atoms with E-state index in [0.29, 0.717) is 49.7 Å². The predicted molar refractivity (Wildman–Crippen MR) is 127 cm³/mol. The first-order valence-corrected chi connectivity index (χ1v) is 11.4. The van der Waals surface area contributed by atoms with Gasteiger partial charge in [0.05, 0.1) is 16.7 Å². The molecule has 176 valence electrons. The lowest BCUT2D eigenvalue weighted by Crippen LogP contribution is -2.54. The van der Waals surface area contributed by atoms with Crippen molar-refractivity contribution in [2.45, 2.75) is 19.9 Å². The van der Waals surface area contributed by atoms with E-state index in [1.807, 2.05) is 34.9 Å². The third kappa shape index (κ3) is 4.78. The monoisotopic (exact) mass is 455 g/mol. The minimum atomic E-state index is -0.568. The highest BCUT2D eigenvalue weighted by atomic mass is 19.1. The van der Waals surface area contributed by atoms with Crippen LogP contribution >= 0.6 is 0 Å². The first-order valence-electron chi connectivity index (χ1n) is 11.4. The summed E-state index contributed by atoms with van der Waals surface area (Å²) in [5.41, 5.74) is 1.20. The van der Waals surface area contributed by atoms with E-state index >= 15 is 0 Å². The molecule has 0 radical (unpaired) electrons. The number of amides is 1. The van der Waals surface area contributed by atoms with Gasteiger partial charge in [0.15, 0.2) is 5.82 Å². The van der Waals surface area contributed by atoms with Crippen LogP contribution in [0.5, 0.6) is 0 Å². The molecule has 2 aliphatic heterocycles. The van der Waals surface area contributed by atoms with Crippen LogP contribution in [0, 0.1) is 15.9 Å².